The van der Waals surface area contributed by atoms with Gasteiger partial charge in [-0.1, -0.05) is 11.6 Å². The number of hydrogen-bond donors (Lipinski definition) is 1. The number of phenols is 1. The first-order valence-corrected chi connectivity index (χ1v) is 3.81. The molecule has 1 aromatic rings. The number of rotatable bonds is 2. The zero-order chi connectivity index (χ0) is 10.0. The summed E-state index contributed by atoms with van der Waals surface area (Å²) in [5.41, 5.74) is -0.392. The van der Waals surface area contributed by atoms with E-state index < -0.39 is 18.2 Å². The molecule has 0 fully saturated rings. The molecular weight excluding hydrogens is 205 g/mol. The van der Waals surface area contributed by atoms with Gasteiger partial charge in [0.05, 0.1) is 0 Å². The lowest BCUT2D eigenvalue weighted by atomic mass is 10.1. The predicted molar refractivity (Wildman–Crippen MR) is 43.0 cm³/mol. The lowest BCUT2D eigenvalue weighted by molar-refractivity contribution is 0.0495. The maximum absolute atomic E-state index is 12.8. The van der Waals surface area contributed by atoms with Gasteiger partial charge in [-0.05, 0) is 18.2 Å². The Hall–Kier alpha value is -0.900. The molecule has 1 N–H and O–H groups in total. The third-order valence-corrected chi connectivity index (χ3v) is 1.84. The molecule has 5 heteroatoms. The van der Waals surface area contributed by atoms with Crippen molar-refractivity contribution in [1.29, 1.82) is 0 Å². The van der Waals surface area contributed by atoms with Gasteiger partial charge in [0.2, 0.25) is 0 Å². The molecule has 13 heavy (non-hydrogen) atoms. The van der Waals surface area contributed by atoms with Gasteiger partial charge in [-0.2, -0.15) is 0 Å². The first-order chi connectivity index (χ1) is 6.02. The van der Waals surface area contributed by atoms with E-state index in [1.54, 1.807) is 0 Å². The number of benzene rings is 1. The van der Waals surface area contributed by atoms with Crippen LogP contribution < -0.4 is 0 Å². The molecule has 0 radical (unpaired) electrons. The Balaban J connectivity index is 3.05. The van der Waals surface area contributed by atoms with Crippen LogP contribution >= 0.6 is 11.6 Å². The van der Waals surface area contributed by atoms with Gasteiger partial charge >= 0.3 is 0 Å². The largest absolute Gasteiger partial charge is 0.508 e. The highest BCUT2D eigenvalue weighted by Gasteiger charge is 2.24. The normalized spacial score (nSPS) is 13.3. The summed E-state index contributed by atoms with van der Waals surface area (Å²) in [4.78, 5) is 0. The van der Waals surface area contributed by atoms with Crippen LogP contribution in [0.2, 0.25) is 5.02 Å². The highest BCUT2D eigenvalue weighted by Crippen LogP contribution is 2.32. The van der Waals surface area contributed by atoms with Gasteiger partial charge in [-0.15, -0.1) is 0 Å². The zero-order valence-corrected chi connectivity index (χ0v) is 7.10. The summed E-state index contributed by atoms with van der Waals surface area (Å²) in [5, 5.41) is 8.78. The molecule has 0 heterocycles. The molecule has 0 aliphatic heterocycles. The molecule has 1 nitrogen and oxygen atoms in total. The Labute approximate surface area is 77.8 Å². The van der Waals surface area contributed by atoms with E-state index in [1.165, 1.54) is 12.1 Å². The zero-order valence-electron chi connectivity index (χ0n) is 6.35. The molecule has 0 saturated heterocycles. The van der Waals surface area contributed by atoms with Crippen molar-refractivity contribution < 1.29 is 18.3 Å². The summed E-state index contributed by atoms with van der Waals surface area (Å²) >= 11 is 5.45. The third-order valence-electron chi connectivity index (χ3n) is 1.50. The highest BCUT2D eigenvalue weighted by molar-refractivity contribution is 6.31. The highest BCUT2D eigenvalue weighted by atomic mass is 35.5. The van der Waals surface area contributed by atoms with E-state index >= 15 is 0 Å². The number of alkyl halides is 3. The van der Waals surface area contributed by atoms with Crippen LogP contribution in [0, 0.1) is 0 Å². The Morgan fingerprint density at radius 1 is 1.23 bits per heavy atom. The molecule has 0 spiro atoms. The van der Waals surface area contributed by atoms with E-state index in [2.05, 4.69) is 0 Å². The van der Waals surface area contributed by atoms with Gasteiger partial charge < -0.3 is 5.11 Å². The fourth-order valence-corrected chi connectivity index (χ4v) is 1.10. The van der Waals surface area contributed by atoms with Gasteiger partial charge in [0.25, 0.3) is 6.43 Å². The van der Waals surface area contributed by atoms with Crippen LogP contribution in [0.15, 0.2) is 18.2 Å². The maximum Gasteiger partial charge on any atom is 0.273 e. The van der Waals surface area contributed by atoms with Gasteiger partial charge in [0.15, 0.2) is 6.17 Å². The SMILES string of the molecule is Oc1ccc(Cl)c(C(F)C(F)F)c1. The van der Waals surface area contributed by atoms with Crippen molar-refractivity contribution in [2.24, 2.45) is 0 Å². The van der Waals surface area contributed by atoms with Crippen molar-refractivity contribution in [1.82, 2.24) is 0 Å². The molecular formula is C8H6ClF3O. The molecule has 0 bridgehead atoms. The van der Waals surface area contributed by atoms with E-state index in [9.17, 15) is 13.2 Å². The van der Waals surface area contributed by atoms with Crippen molar-refractivity contribution in [2.75, 3.05) is 0 Å². The number of hydrogen-bond acceptors (Lipinski definition) is 1. The topological polar surface area (TPSA) is 20.2 Å². The van der Waals surface area contributed by atoms with Crippen LogP contribution in [0.5, 0.6) is 5.75 Å². The van der Waals surface area contributed by atoms with Crippen LogP contribution in [0.4, 0.5) is 13.2 Å². The van der Waals surface area contributed by atoms with Crippen LogP contribution in [-0.4, -0.2) is 11.5 Å². The quantitative estimate of drug-likeness (QED) is 0.794. The molecule has 0 saturated carbocycles. The fourth-order valence-electron chi connectivity index (χ4n) is 0.878. The van der Waals surface area contributed by atoms with E-state index in [-0.39, 0.29) is 10.8 Å². The lowest BCUT2D eigenvalue weighted by Crippen LogP contribution is -2.03. The van der Waals surface area contributed by atoms with Gasteiger partial charge in [0.1, 0.15) is 5.75 Å². The Morgan fingerprint density at radius 3 is 2.38 bits per heavy atom. The summed E-state index contributed by atoms with van der Waals surface area (Å²) in [6, 6.07) is 3.25. The summed E-state index contributed by atoms with van der Waals surface area (Å²) in [6.07, 6.45) is -5.60. The second-order valence-electron chi connectivity index (χ2n) is 2.44. The van der Waals surface area contributed by atoms with E-state index in [0.717, 1.165) is 6.07 Å². The summed E-state index contributed by atoms with van der Waals surface area (Å²) in [7, 11) is 0. The second kappa shape index (κ2) is 3.87. The Kier molecular flexibility index (Phi) is 3.03. The van der Waals surface area contributed by atoms with Crippen LogP contribution in [-0.2, 0) is 0 Å². The molecule has 1 atom stereocenters. The predicted octanol–water partition coefficient (Wildman–Crippen LogP) is 3.32. The monoisotopic (exact) mass is 210 g/mol. The van der Waals surface area contributed by atoms with Crippen LogP contribution in [0.1, 0.15) is 11.7 Å². The minimum absolute atomic E-state index is 0.120. The van der Waals surface area contributed by atoms with Gasteiger partial charge in [0, 0.05) is 10.6 Å². The maximum atomic E-state index is 12.8. The van der Waals surface area contributed by atoms with Gasteiger partial charge in [-0.25, -0.2) is 13.2 Å². The number of aromatic hydroxyl groups is 1. The molecule has 1 unspecified atom stereocenters. The van der Waals surface area contributed by atoms with Crippen molar-refractivity contribution in [3.8, 4) is 5.75 Å². The van der Waals surface area contributed by atoms with E-state index in [1.807, 2.05) is 0 Å². The molecule has 1 aromatic carbocycles. The summed E-state index contributed by atoms with van der Waals surface area (Å²) in [5.74, 6) is -0.289. The standard InChI is InChI=1S/C8H6ClF3O/c9-6-2-1-4(13)3-5(6)7(10)8(11)12/h1-3,7-8,13H. The average Bonchev–Trinajstić information content (AvgIpc) is 2.08. The van der Waals surface area contributed by atoms with Gasteiger partial charge in [-0.3, -0.25) is 0 Å². The number of halogens is 4. The minimum Gasteiger partial charge on any atom is -0.508 e. The first-order valence-electron chi connectivity index (χ1n) is 3.43. The molecule has 1 rings (SSSR count). The molecule has 0 aromatic heterocycles. The van der Waals surface area contributed by atoms with Crippen LogP contribution in [0.25, 0.3) is 0 Å². The number of phenolic OH excluding ortho intramolecular Hbond substituents is 1. The van der Waals surface area contributed by atoms with E-state index in [0.29, 0.717) is 0 Å². The van der Waals surface area contributed by atoms with E-state index in [4.69, 9.17) is 16.7 Å². The van der Waals surface area contributed by atoms with Crippen LogP contribution in [0.3, 0.4) is 0 Å². The Morgan fingerprint density at radius 2 is 1.85 bits per heavy atom. The fraction of sp³-hybridized carbons (Fsp3) is 0.250. The van der Waals surface area contributed by atoms with Crippen molar-refractivity contribution in [3.05, 3.63) is 28.8 Å². The van der Waals surface area contributed by atoms with Crippen molar-refractivity contribution >= 4 is 11.6 Å². The molecule has 0 amide bonds. The summed E-state index contributed by atoms with van der Waals surface area (Å²) in [6.45, 7) is 0. The first kappa shape index (κ1) is 10.2. The minimum atomic E-state index is -3.14. The smallest absolute Gasteiger partial charge is 0.273 e. The van der Waals surface area contributed by atoms with Crippen molar-refractivity contribution in [2.45, 2.75) is 12.6 Å². The average molecular weight is 211 g/mol. The van der Waals surface area contributed by atoms with Crippen molar-refractivity contribution in [3.63, 3.8) is 0 Å². The second-order valence-corrected chi connectivity index (χ2v) is 2.85. The molecule has 0 aliphatic carbocycles. The Bertz CT molecular complexity index is 303. The third kappa shape index (κ3) is 2.28. The molecule has 0 aliphatic rings. The summed E-state index contributed by atoms with van der Waals surface area (Å²) < 4.78 is 36.6. The lowest BCUT2D eigenvalue weighted by Gasteiger charge is -2.09. The molecule has 72 valence electrons.